The normalized spacial score (nSPS) is 26.7. The molecule has 1 heterocycles. The number of nitrogens with one attached hydrogen (secondary N) is 1. The molecule has 1 aromatic rings. The predicted molar refractivity (Wildman–Crippen MR) is 59.4 cm³/mol. The first-order valence-corrected chi connectivity index (χ1v) is 6.27. The van der Waals surface area contributed by atoms with Crippen molar-refractivity contribution in [1.82, 2.24) is 10.2 Å². The quantitative estimate of drug-likeness (QED) is 0.886. The Morgan fingerprint density at radius 2 is 2.36 bits per heavy atom. The molecule has 1 fully saturated rings. The van der Waals surface area contributed by atoms with Crippen LogP contribution in [-0.4, -0.2) is 28.0 Å². The molecular formula is C8H12BrN3OS. The van der Waals surface area contributed by atoms with E-state index in [1.54, 1.807) is 0 Å². The van der Waals surface area contributed by atoms with Gasteiger partial charge in [-0.1, -0.05) is 17.8 Å². The van der Waals surface area contributed by atoms with Crippen molar-refractivity contribution in [2.45, 2.75) is 25.3 Å². The van der Waals surface area contributed by atoms with Gasteiger partial charge in [-0.3, -0.25) is 0 Å². The molecule has 1 saturated carbocycles. The van der Waals surface area contributed by atoms with E-state index in [2.05, 4.69) is 31.4 Å². The molecule has 14 heavy (non-hydrogen) atoms. The minimum atomic E-state index is 0.262. The topological polar surface area (TPSA) is 58.0 Å². The molecule has 0 spiro atoms. The zero-order chi connectivity index (χ0) is 9.97. The van der Waals surface area contributed by atoms with Crippen molar-refractivity contribution >= 4 is 32.4 Å². The average Bonchev–Trinajstić information content (AvgIpc) is 2.76. The van der Waals surface area contributed by atoms with Gasteiger partial charge in [-0.2, -0.15) is 0 Å². The van der Waals surface area contributed by atoms with Crippen molar-refractivity contribution in [1.29, 1.82) is 0 Å². The van der Waals surface area contributed by atoms with Crippen molar-refractivity contribution in [2.75, 3.05) is 11.9 Å². The molecule has 1 aliphatic carbocycles. The third-order valence-electron chi connectivity index (χ3n) is 2.60. The maximum absolute atomic E-state index is 9.14. The lowest BCUT2D eigenvalue weighted by molar-refractivity contribution is 0.222. The van der Waals surface area contributed by atoms with E-state index >= 15 is 0 Å². The zero-order valence-electron chi connectivity index (χ0n) is 7.61. The Kier molecular flexibility index (Phi) is 3.35. The summed E-state index contributed by atoms with van der Waals surface area (Å²) in [5.74, 6) is 0.373. The van der Waals surface area contributed by atoms with Gasteiger partial charge in [0, 0.05) is 18.6 Å². The molecule has 1 aliphatic rings. The number of nitrogens with zero attached hydrogens (tertiary/aromatic N) is 2. The van der Waals surface area contributed by atoms with Crippen LogP contribution in [-0.2, 0) is 0 Å². The summed E-state index contributed by atoms with van der Waals surface area (Å²) in [6, 6.07) is 0.361. The van der Waals surface area contributed by atoms with Crippen LogP contribution in [0, 0.1) is 5.92 Å². The van der Waals surface area contributed by atoms with Crippen LogP contribution in [0.2, 0.25) is 0 Å². The number of hydrogen-bond donors (Lipinski definition) is 2. The molecule has 0 radical (unpaired) electrons. The Labute approximate surface area is 94.9 Å². The minimum absolute atomic E-state index is 0.262. The maximum atomic E-state index is 9.14. The average molecular weight is 278 g/mol. The number of halogens is 1. The summed E-state index contributed by atoms with van der Waals surface area (Å²) in [5.41, 5.74) is 0. The van der Waals surface area contributed by atoms with Crippen LogP contribution in [0.15, 0.2) is 3.92 Å². The summed E-state index contributed by atoms with van der Waals surface area (Å²) >= 11 is 4.76. The summed E-state index contributed by atoms with van der Waals surface area (Å²) in [5, 5.41) is 21.1. The Balaban J connectivity index is 1.96. The number of hydrogen-bond acceptors (Lipinski definition) is 5. The van der Waals surface area contributed by atoms with Gasteiger partial charge in [-0.25, -0.2) is 0 Å². The fraction of sp³-hybridized carbons (Fsp3) is 0.750. The summed E-state index contributed by atoms with van der Waals surface area (Å²) in [7, 11) is 0. The highest BCUT2D eigenvalue weighted by atomic mass is 79.9. The second kappa shape index (κ2) is 4.55. The predicted octanol–water partition coefficient (Wildman–Crippen LogP) is 1.87. The summed E-state index contributed by atoms with van der Waals surface area (Å²) in [4.78, 5) is 0. The van der Waals surface area contributed by atoms with Crippen LogP contribution in [0.5, 0.6) is 0 Å². The van der Waals surface area contributed by atoms with Crippen LogP contribution in [0.4, 0.5) is 5.13 Å². The highest BCUT2D eigenvalue weighted by Gasteiger charge is 2.27. The third-order valence-corrected chi connectivity index (χ3v) is 3.89. The Morgan fingerprint density at radius 1 is 1.50 bits per heavy atom. The number of anilines is 1. The molecule has 6 heteroatoms. The van der Waals surface area contributed by atoms with Gasteiger partial charge in [0.1, 0.15) is 0 Å². The first-order valence-electron chi connectivity index (χ1n) is 4.66. The Morgan fingerprint density at radius 3 is 3.00 bits per heavy atom. The lowest BCUT2D eigenvalue weighted by Gasteiger charge is -2.17. The molecule has 0 aromatic carbocycles. The Bertz CT molecular complexity index is 307. The van der Waals surface area contributed by atoms with Crippen molar-refractivity contribution in [3.05, 3.63) is 3.92 Å². The van der Waals surface area contributed by atoms with E-state index in [0.29, 0.717) is 12.0 Å². The SMILES string of the molecule is OCC1CCCC1Nc1nnc(Br)s1. The zero-order valence-corrected chi connectivity index (χ0v) is 10.0. The third kappa shape index (κ3) is 2.24. The van der Waals surface area contributed by atoms with Gasteiger partial charge in [0.25, 0.3) is 0 Å². The molecule has 0 amide bonds. The monoisotopic (exact) mass is 277 g/mol. The van der Waals surface area contributed by atoms with Crippen LogP contribution in [0.1, 0.15) is 19.3 Å². The first-order chi connectivity index (χ1) is 6.79. The molecule has 4 nitrogen and oxygen atoms in total. The number of aliphatic hydroxyl groups is 1. The lowest BCUT2D eigenvalue weighted by Crippen LogP contribution is -2.26. The molecule has 0 saturated heterocycles. The van der Waals surface area contributed by atoms with Crippen molar-refractivity contribution < 1.29 is 5.11 Å². The molecule has 1 aromatic heterocycles. The van der Waals surface area contributed by atoms with Gasteiger partial charge in [-0.15, -0.1) is 10.2 Å². The van der Waals surface area contributed by atoms with Crippen LogP contribution < -0.4 is 5.32 Å². The fourth-order valence-corrected chi connectivity index (χ4v) is 2.94. The van der Waals surface area contributed by atoms with Crippen molar-refractivity contribution in [3.63, 3.8) is 0 Å². The van der Waals surface area contributed by atoms with Crippen LogP contribution in [0.25, 0.3) is 0 Å². The van der Waals surface area contributed by atoms with E-state index in [-0.39, 0.29) is 6.61 Å². The molecule has 0 bridgehead atoms. The van der Waals surface area contributed by atoms with E-state index in [9.17, 15) is 0 Å². The van der Waals surface area contributed by atoms with E-state index in [1.807, 2.05) is 0 Å². The van der Waals surface area contributed by atoms with Gasteiger partial charge in [0.05, 0.1) is 0 Å². The largest absolute Gasteiger partial charge is 0.396 e. The molecular weight excluding hydrogens is 266 g/mol. The van der Waals surface area contributed by atoms with Gasteiger partial charge >= 0.3 is 0 Å². The Hall–Kier alpha value is -0.200. The van der Waals surface area contributed by atoms with Crippen molar-refractivity contribution in [3.8, 4) is 0 Å². The van der Waals surface area contributed by atoms with Crippen LogP contribution >= 0.6 is 27.3 Å². The maximum Gasteiger partial charge on any atom is 0.206 e. The number of rotatable bonds is 3. The second-order valence-corrected chi connectivity index (χ2v) is 5.74. The molecule has 78 valence electrons. The van der Waals surface area contributed by atoms with Gasteiger partial charge in [0.15, 0.2) is 3.92 Å². The number of aliphatic hydroxyl groups excluding tert-OH is 1. The minimum Gasteiger partial charge on any atom is -0.396 e. The van der Waals surface area contributed by atoms with Gasteiger partial charge in [0.2, 0.25) is 5.13 Å². The summed E-state index contributed by atoms with van der Waals surface area (Å²) in [6.07, 6.45) is 3.40. The molecule has 2 N–H and O–H groups in total. The number of aromatic nitrogens is 2. The molecule has 2 rings (SSSR count). The summed E-state index contributed by atoms with van der Waals surface area (Å²) < 4.78 is 0.790. The highest BCUT2D eigenvalue weighted by Crippen LogP contribution is 2.29. The van der Waals surface area contributed by atoms with E-state index in [4.69, 9.17) is 5.11 Å². The van der Waals surface area contributed by atoms with Gasteiger partial charge in [-0.05, 0) is 28.8 Å². The van der Waals surface area contributed by atoms with E-state index in [0.717, 1.165) is 21.9 Å². The van der Waals surface area contributed by atoms with E-state index in [1.165, 1.54) is 17.8 Å². The van der Waals surface area contributed by atoms with Gasteiger partial charge < -0.3 is 10.4 Å². The van der Waals surface area contributed by atoms with E-state index < -0.39 is 0 Å². The second-order valence-electron chi connectivity index (χ2n) is 3.48. The fourth-order valence-electron chi connectivity index (χ4n) is 1.87. The van der Waals surface area contributed by atoms with Crippen molar-refractivity contribution in [2.24, 2.45) is 5.92 Å². The lowest BCUT2D eigenvalue weighted by atomic mass is 10.1. The molecule has 2 unspecified atom stereocenters. The standard InChI is InChI=1S/C8H12BrN3OS/c9-7-11-12-8(14-7)10-6-3-1-2-5(6)4-13/h5-6,13H,1-4H2,(H,10,12). The first kappa shape index (κ1) is 10.3. The summed E-state index contributed by atoms with van der Waals surface area (Å²) in [6.45, 7) is 0.262. The molecule has 2 atom stereocenters. The highest BCUT2D eigenvalue weighted by molar-refractivity contribution is 9.11. The molecule has 0 aliphatic heterocycles. The smallest absolute Gasteiger partial charge is 0.206 e. The van der Waals surface area contributed by atoms with Crippen LogP contribution in [0.3, 0.4) is 0 Å².